The molecular formula is C17H23ClN4O. The van der Waals surface area contributed by atoms with E-state index < -0.39 is 0 Å². The standard InChI is InChI=1S/C17H22N4O.ClH/c1-20(15-7-10-18-11-8-15)17(22)13-14-3-5-16(6-4-14)21-12-2-9-19-21;/h2-6,9,12,15,18H,7-8,10-11,13H2,1H3;1H. The van der Waals surface area contributed by atoms with Crippen LogP contribution in [0.1, 0.15) is 18.4 Å². The number of piperidine rings is 1. The van der Waals surface area contributed by atoms with Crippen LogP contribution >= 0.6 is 12.4 Å². The van der Waals surface area contributed by atoms with E-state index in [0.29, 0.717) is 12.5 Å². The molecule has 0 radical (unpaired) electrons. The Bertz CT molecular complexity index is 606. The molecule has 1 aliphatic heterocycles. The first-order chi connectivity index (χ1) is 10.7. The molecule has 0 saturated carbocycles. The number of benzene rings is 1. The second-order valence-electron chi connectivity index (χ2n) is 5.78. The van der Waals surface area contributed by atoms with Crippen molar-refractivity contribution in [2.24, 2.45) is 0 Å². The summed E-state index contributed by atoms with van der Waals surface area (Å²) < 4.78 is 1.81. The number of hydrogen-bond acceptors (Lipinski definition) is 3. The number of halogens is 1. The minimum absolute atomic E-state index is 0. The fraction of sp³-hybridized carbons (Fsp3) is 0.412. The molecule has 2 heterocycles. The summed E-state index contributed by atoms with van der Waals surface area (Å²) in [4.78, 5) is 14.3. The first-order valence-electron chi connectivity index (χ1n) is 7.79. The summed E-state index contributed by atoms with van der Waals surface area (Å²) in [5.41, 5.74) is 2.05. The molecule has 1 N–H and O–H groups in total. The Morgan fingerprint density at radius 3 is 2.61 bits per heavy atom. The van der Waals surface area contributed by atoms with E-state index >= 15 is 0 Å². The van der Waals surface area contributed by atoms with Crippen LogP contribution in [0.4, 0.5) is 0 Å². The highest BCUT2D eigenvalue weighted by Crippen LogP contribution is 2.13. The van der Waals surface area contributed by atoms with Crippen molar-refractivity contribution >= 4 is 18.3 Å². The van der Waals surface area contributed by atoms with Crippen LogP contribution in [0.2, 0.25) is 0 Å². The summed E-state index contributed by atoms with van der Waals surface area (Å²) in [5.74, 6) is 0.193. The highest BCUT2D eigenvalue weighted by Gasteiger charge is 2.21. The summed E-state index contributed by atoms with van der Waals surface area (Å²) >= 11 is 0. The quantitative estimate of drug-likeness (QED) is 0.931. The number of nitrogens with one attached hydrogen (secondary N) is 1. The molecular weight excluding hydrogens is 312 g/mol. The van der Waals surface area contributed by atoms with Gasteiger partial charge < -0.3 is 10.2 Å². The summed E-state index contributed by atoms with van der Waals surface area (Å²) in [7, 11) is 1.93. The van der Waals surface area contributed by atoms with E-state index in [1.807, 2.05) is 53.2 Å². The third-order valence-electron chi connectivity index (χ3n) is 4.31. The van der Waals surface area contributed by atoms with Crippen molar-refractivity contribution in [3.05, 3.63) is 48.3 Å². The Labute approximate surface area is 143 Å². The summed E-state index contributed by atoms with van der Waals surface area (Å²) in [6.07, 6.45) is 6.21. The highest BCUT2D eigenvalue weighted by atomic mass is 35.5. The van der Waals surface area contributed by atoms with Crippen molar-refractivity contribution in [2.75, 3.05) is 20.1 Å². The SMILES string of the molecule is CN(C(=O)Cc1ccc(-n2cccn2)cc1)C1CCNCC1.Cl. The van der Waals surface area contributed by atoms with Crippen LogP contribution in [0.5, 0.6) is 0 Å². The Kier molecular flexibility index (Phi) is 6.19. The molecule has 0 aliphatic carbocycles. The molecule has 23 heavy (non-hydrogen) atoms. The van der Waals surface area contributed by atoms with Crippen molar-refractivity contribution in [1.82, 2.24) is 20.0 Å². The molecule has 1 aromatic carbocycles. The predicted molar refractivity (Wildman–Crippen MR) is 93.2 cm³/mol. The van der Waals surface area contributed by atoms with Crippen LogP contribution < -0.4 is 5.32 Å². The van der Waals surface area contributed by atoms with Gasteiger partial charge in [0.05, 0.1) is 12.1 Å². The van der Waals surface area contributed by atoms with Gasteiger partial charge in [-0.25, -0.2) is 4.68 Å². The highest BCUT2D eigenvalue weighted by molar-refractivity contribution is 5.85. The van der Waals surface area contributed by atoms with E-state index in [1.165, 1.54) is 0 Å². The van der Waals surface area contributed by atoms with Crippen molar-refractivity contribution in [2.45, 2.75) is 25.3 Å². The summed E-state index contributed by atoms with van der Waals surface area (Å²) in [5, 5.41) is 7.53. The minimum Gasteiger partial charge on any atom is -0.342 e. The third kappa shape index (κ3) is 4.33. The van der Waals surface area contributed by atoms with Crippen LogP contribution in [0, 0.1) is 0 Å². The van der Waals surface area contributed by atoms with Crippen molar-refractivity contribution in [1.29, 1.82) is 0 Å². The zero-order chi connectivity index (χ0) is 15.4. The van der Waals surface area contributed by atoms with Gasteiger partial charge in [-0.05, 0) is 49.7 Å². The lowest BCUT2D eigenvalue weighted by atomic mass is 10.0. The van der Waals surface area contributed by atoms with E-state index in [1.54, 1.807) is 6.20 Å². The van der Waals surface area contributed by atoms with E-state index in [9.17, 15) is 4.79 Å². The van der Waals surface area contributed by atoms with E-state index in [-0.39, 0.29) is 18.3 Å². The molecule has 0 bridgehead atoms. The number of hydrogen-bond donors (Lipinski definition) is 1. The second-order valence-corrected chi connectivity index (χ2v) is 5.78. The second kappa shape index (κ2) is 8.13. The molecule has 6 heteroatoms. The topological polar surface area (TPSA) is 50.2 Å². The van der Waals surface area contributed by atoms with Crippen LogP contribution in [-0.2, 0) is 11.2 Å². The lowest BCUT2D eigenvalue weighted by Gasteiger charge is -2.31. The number of likely N-dealkylation sites (N-methyl/N-ethyl adjacent to an activating group) is 1. The van der Waals surface area contributed by atoms with Gasteiger partial charge in [0.2, 0.25) is 5.91 Å². The molecule has 1 saturated heterocycles. The Morgan fingerprint density at radius 2 is 2.00 bits per heavy atom. The van der Waals surface area contributed by atoms with Gasteiger partial charge in [-0.15, -0.1) is 12.4 Å². The van der Waals surface area contributed by atoms with Gasteiger partial charge in [0.25, 0.3) is 0 Å². The maximum absolute atomic E-state index is 12.4. The lowest BCUT2D eigenvalue weighted by molar-refractivity contribution is -0.131. The van der Waals surface area contributed by atoms with Gasteiger partial charge in [0.15, 0.2) is 0 Å². The van der Waals surface area contributed by atoms with Gasteiger partial charge in [0.1, 0.15) is 0 Å². The molecule has 0 unspecified atom stereocenters. The van der Waals surface area contributed by atoms with Gasteiger partial charge in [-0.3, -0.25) is 4.79 Å². The maximum atomic E-state index is 12.4. The predicted octanol–water partition coefficient (Wildman–Crippen LogP) is 2.05. The summed E-state index contributed by atoms with van der Waals surface area (Å²) in [6, 6.07) is 10.3. The number of amides is 1. The Balaban J connectivity index is 0.00000192. The molecule has 0 spiro atoms. The van der Waals surface area contributed by atoms with Gasteiger partial charge >= 0.3 is 0 Å². The van der Waals surface area contributed by atoms with Crippen LogP contribution in [0.15, 0.2) is 42.7 Å². The zero-order valence-electron chi connectivity index (χ0n) is 13.3. The molecule has 1 amide bonds. The molecule has 2 aromatic rings. The molecule has 1 aliphatic rings. The Morgan fingerprint density at radius 1 is 1.30 bits per heavy atom. The third-order valence-corrected chi connectivity index (χ3v) is 4.31. The first-order valence-corrected chi connectivity index (χ1v) is 7.79. The molecule has 124 valence electrons. The molecule has 0 atom stereocenters. The summed E-state index contributed by atoms with van der Waals surface area (Å²) in [6.45, 7) is 2.00. The van der Waals surface area contributed by atoms with E-state index in [4.69, 9.17) is 0 Å². The van der Waals surface area contributed by atoms with Crippen LogP contribution in [0.25, 0.3) is 5.69 Å². The molecule has 5 nitrogen and oxygen atoms in total. The zero-order valence-corrected chi connectivity index (χ0v) is 14.1. The minimum atomic E-state index is 0. The monoisotopic (exact) mass is 334 g/mol. The number of rotatable bonds is 4. The first kappa shape index (κ1) is 17.5. The molecule has 1 aromatic heterocycles. The number of aromatic nitrogens is 2. The van der Waals surface area contributed by atoms with Crippen LogP contribution in [0.3, 0.4) is 0 Å². The van der Waals surface area contributed by atoms with Crippen molar-refractivity contribution in [3.8, 4) is 5.69 Å². The fourth-order valence-electron chi connectivity index (χ4n) is 2.89. The maximum Gasteiger partial charge on any atom is 0.226 e. The fourth-order valence-corrected chi connectivity index (χ4v) is 2.89. The number of nitrogens with zero attached hydrogens (tertiary/aromatic N) is 3. The van der Waals surface area contributed by atoms with Gasteiger partial charge in [-0.2, -0.15) is 5.10 Å². The smallest absolute Gasteiger partial charge is 0.226 e. The number of carbonyl (C=O) groups is 1. The van der Waals surface area contributed by atoms with Gasteiger partial charge in [0, 0.05) is 25.5 Å². The lowest BCUT2D eigenvalue weighted by Crippen LogP contribution is -2.44. The normalized spacial score (nSPS) is 15.0. The largest absolute Gasteiger partial charge is 0.342 e. The van der Waals surface area contributed by atoms with E-state index in [0.717, 1.165) is 37.2 Å². The Hall–Kier alpha value is -1.85. The average Bonchev–Trinajstić information content (AvgIpc) is 3.10. The van der Waals surface area contributed by atoms with Crippen LogP contribution in [-0.4, -0.2) is 46.8 Å². The van der Waals surface area contributed by atoms with Crippen molar-refractivity contribution in [3.63, 3.8) is 0 Å². The van der Waals surface area contributed by atoms with Crippen molar-refractivity contribution < 1.29 is 4.79 Å². The molecule has 3 rings (SSSR count). The van der Waals surface area contributed by atoms with Gasteiger partial charge in [-0.1, -0.05) is 12.1 Å². The van der Waals surface area contributed by atoms with E-state index in [2.05, 4.69) is 10.4 Å². The molecule has 1 fully saturated rings. The number of carbonyl (C=O) groups excluding carboxylic acids is 1. The average molecular weight is 335 g/mol.